The van der Waals surface area contributed by atoms with E-state index in [2.05, 4.69) is 10.3 Å². The minimum Gasteiger partial charge on any atom is -0.359 e. The first-order valence-corrected chi connectivity index (χ1v) is 6.35. The van der Waals surface area contributed by atoms with E-state index < -0.39 is 5.91 Å². The molecule has 0 saturated carbocycles. The Morgan fingerprint density at radius 3 is 2.75 bits per heavy atom. The average Bonchev–Trinajstić information content (AvgIpc) is 2.45. The highest BCUT2D eigenvalue weighted by atomic mass is 16.2. The van der Waals surface area contributed by atoms with E-state index in [-0.39, 0.29) is 17.5 Å². The molecule has 0 aliphatic rings. The summed E-state index contributed by atoms with van der Waals surface area (Å²) < 4.78 is 0. The molecule has 1 aromatic rings. The molecule has 0 aliphatic carbocycles. The smallest absolute Gasteiger partial charge is 0.283 e. The molecule has 0 bridgehead atoms. The second-order valence-electron chi connectivity index (χ2n) is 4.70. The first-order chi connectivity index (χ1) is 9.47. The lowest BCUT2D eigenvalue weighted by Crippen LogP contribution is -2.34. The van der Waals surface area contributed by atoms with E-state index in [0.29, 0.717) is 13.1 Å². The Labute approximate surface area is 118 Å². The molecular formula is C13H21N5O2. The summed E-state index contributed by atoms with van der Waals surface area (Å²) in [6.07, 6.45) is 0. The van der Waals surface area contributed by atoms with Gasteiger partial charge in [-0.1, -0.05) is 13.0 Å². The van der Waals surface area contributed by atoms with Crippen LogP contribution in [-0.2, 0) is 11.3 Å². The molecule has 4 N–H and O–H groups in total. The standard InChI is InChI=1S/C13H21N5O2/c1-9(12(19)15-2)7-18(3)8-10-5-4-6-11(16-10)13(20)17-14/h4-6,9H,7-8,14H2,1-3H3,(H,15,19)(H,17,20). The minimum absolute atomic E-state index is 0.000990. The van der Waals surface area contributed by atoms with Crippen LogP contribution in [-0.4, -0.2) is 42.3 Å². The van der Waals surface area contributed by atoms with Gasteiger partial charge >= 0.3 is 0 Å². The van der Waals surface area contributed by atoms with Gasteiger partial charge in [0.15, 0.2) is 0 Å². The van der Waals surface area contributed by atoms with E-state index in [9.17, 15) is 9.59 Å². The Morgan fingerprint density at radius 2 is 2.15 bits per heavy atom. The lowest BCUT2D eigenvalue weighted by molar-refractivity contribution is -0.124. The normalized spacial score (nSPS) is 12.1. The third kappa shape index (κ3) is 4.60. The first kappa shape index (κ1) is 16.1. The molecule has 0 spiro atoms. The van der Waals surface area contributed by atoms with Crippen molar-refractivity contribution in [3.05, 3.63) is 29.6 Å². The van der Waals surface area contributed by atoms with E-state index >= 15 is 0 Å². The van der Waals surface area contributed by atoms with Crippen molar-refractivity contribution in [3.63, 3.8) is 0 Å². The van der Waals surface area contributed by atoms with Crippen LogP contribution >= 0.6 is 0 Å². The molecule has 0 aromatic carbocycles. The Hall–Kier alpha value is -1.99. The molecule has 7 nitrogen and oxygen atoms in total. The summed E-state index contributed by atoms with van der Waals surface area (Å²) in [4.78, 5) is 29.1. The van der Waals surface area contributed by atoms with Gasteiger partial charge in [-0.05, 0) is 19.2 Å². The number of carbonyl (C=O) groups excluding carboxylic acids is 2. The van der Waals surface area contributed by atoms with Crippen LogP contribution in [0.1, 0.15) is 23.1 Å². The van der Waals surface area contributed by atoms with Gasteiger partial charge in [-0.15, -0.1) is 0 Å². The summed E-state index contributed by atoms with van der Waals surface area (Å²) >= 11 is 0. The lowest BCUT2D eigenvalue weighted by atomic mass is 10.1. The summed E-state index contributed by atoms with van der Waals surface area (Å²) in [6, 6.07) is 5.18. The molecule has 2 amide bonds. The zero-order chi connectivity index (χ0) is 15.1. The Bertz CT molecular complexity index is 478. The number of carbonyl (C=O) groups is 2. The van der Waals surface area contributed by atoms with Crippen LogP contribution in [0.5, 0.6) is 0 Å². The molecule has 110 valence electrons. The van der Waals surface area contributed by atoms with Gasteiger partial charge < -0.3 is 5.32 Å². The quantitative estimate of drug-likeness (QED) is 0.370. The fourth-order valence-corrected chi connectivity index (χ4v) is 1.91. The number of nitrogens with one attached hydrogen (secondary N) is 2. The second-order valence-corrected chi connectivity index (χ2v) is 4.70. The summed E-state index contributed by atoms with van der Waals surface area (Å²) in [5.74, 6) is 4.54. The van der Waals surface area contributed by atoms with E-state index in [1.54, 1.807) is 19.2 Å². The number of nitrogen functional groups attached to an aromatic ring is 1. The van der Waals surface area contributed by atoms with Gasteiger partial charge in [0.2, 0.25) is 5.91 Å². The van der Waals surface area contributed by atoms with Crippen molar-refractivity contribution in [2.24, 2.45) is 11.8 Å². The van der Waals surface area contributed by atoms with Crippen molar-refractivity contribution >= 4 is 11.8 Å². The van der Waals surface area contributed by atoms with Gasteiger partial charge in [-0.3, -0.25) is 19.9 Å². The molecule has 0 aliphatic heterocycles. The zero-order valence-corrected chi connectivity index (χ0v) is 12.0. The van der Waals surface area contributed by atoms with Crippen LogP contribution in [0.25, 0.3) is 0 Å². The summed E-state index contributed by atoms with van der Waals surface area (Å²) in [7, 11) is 3.52. The van der Waals surface area contributed by atoms with E-state index in [0.717, 1.165) is 5.69 Å². The predicted octanol–water partition coefficient (Wildman–Crippen LogP) is -0.501. The Kier molecular flexibility index (Phi) is 6.08. The van der Waals surface area contributed by atoms with Crippen LogP contribution in [0.15, 0.2) is 18.2 Å². The van der Waals surface area contributed by atoms with Crippen LogP contribution in [0.2, 0.25) is 0 Å². The molecule has 1 heterocycles. The highest BCUT2D eigenvalue weighted by molar-refractivity contribution is 5.91. The number of nitrogens with two attached hydrogens (primary N) is 1. The van der Waals surface area contributed by atoms with Crippen LogP contribution in [0.3, 0.4) is 0 Å². The molecule has 1 unspecified atom stereocenters. The molecule has 20 heavy (non-hydrogen) atoms. The van der Waals surface area contributed by atoms with Gasteiger partial charge in [-0.2, -0.15) is 0 Å². The highest BCUT2D eigenvalue weighted by Crippen LogP contribution is 2.05. The summed E-state index contributed by atoms with van der Waals surface area (Å²) in [5, 5.41) is 2.62. The number of rotatable bonds is 6. The van der Waals surface area contributed by atoms with E-state index in [1.165, 1.54) is 0 Å². The summed E-state index contributed by atoms with van der Waals surface area (Å²) in [6.45, 7) is 3.02. The minimum atomic E-state index is -0.423. The van der Waals surface area contributed by atoms with Crippen LogP contribution < -0.4 is 16.6 Å². The van der Waals surface area contributed by atoms with Crippen LogP contribution in [0, 0.1) is 5.92 Å². The van der Waals surface area contributed by atoms with Crippen molar-refractivity contribution in [3.8, 4) is 0 Å². The molecule has 1 rings (SSSR count). The second kappa shape index (κ2) is 7.56. The summed E-state index contributed by atoms with van der Waals surface area (Å²) in [5.41, 5.74) is 3.07. The van der Waals surface area contributed by atoms with Crippen molar-refractivity contribution in [2.45, 2.75) is 13.5 Å². The monoisotopic (exact) mass is 279 g/mol. The highest BCUT2D eigenvalue weighted by Gasteiger charge is 2.14. The fourth-order valence-electron chi connectivity index (χ4n) is 1.91. The maximum absolute atomic E-state index is 11.5. The maximum Gasteiger partial charge on any atom is 0.283 e. The topological polar surface area (TPSA) is 100 Å². The van der Waals surface area contributed by atoms with Crippen molar-refractivity contribution < 1.29 is 9.59 Å². The van der Waals surface area contributed by atoms with Gasteiger partial charge in [-0.25, -0.2) is 10.8 Å². The third-order valence-electron chi connectivity index (χ3n) is 2.88. The van der Waals surface area contributed by atoms with Crippen LogP contribution in [0.4, 0.5) is 0 Å². The number of nitrogens with zero attached hydrogens (tertiary/aromatic N) is 2. The largest absolute Gasteiger partial charge is 0.359 e. The number of pyridine rings is 1. The van der Waals surface area contributed by atoms with Gasteiger partial charge in [0.25, 0.3) is 5.91 Å². The third-order valence-corrected chi connectivity index (χ3v) is 2.88. The van der Waals surface area contributed by atoms with E-state index in [1.807, 2.05) is 30.4 Å². The maximum atomic E-state index is 11.5. The number of aromatic nitrogens is 1. The number of hydrogen-bond donors (Lipinski definition) is 3. The molecule has 0 saturated heterocycles. The zero-order valence-electron chi connectivity index (χ0n) is 12.0. The van der Waals surface area contributed by atoms with E-state index in [4.69, 9.17) is 5.84 Å². The molecule has 0 radical (unpaired) electrons. The molecule has 1 atom stereocenters. The lowest BCUT2D eigenvalue weighted by Gasteiger charge is -2.20. The van der Waals surface area contributed by atoms with Crippen molar-refractivity contribution in [1.82, 2.24) is 20.6 Å². The molecular weight excluding hydrogens is 258 g/mol. The van der Waals surface area contributed by atoms with Crippen molar-refractivity contribution in [2.75, 3.05) is 20.6 Å². The Morgan fingerprint density at radius 1 is 1.45 bits per heavy atom. The van der Waals surface area contributed by atoms with Gasteiger partial charge in [0.05, 0.1) is 5.69 Å². The Balaban J connectivity index is 2.64. The predicted molar refractivity (Wildman–Crippen MR) is 75.5 cm³/mol. The van der Waals surface area contributed by atoms with Crippen molar-refractivity contribution in [1.29, 1.82) is 0 Å². The van der Waals surface area contributed by atoms with Gasteiger partial charge in [0.1, 0.15) is 5.69 Å². The SMILES string of the molecule is CNC(=O)C(C)CN(C)Cc1cccc(C(=O)NN)n1. The molecule has 7 heteroatoms. The number of amides is 2. The number of hydrogen-bond acceptors (Lipinski definition) is 5. The average molecular weight is 279 g/mol. The number of hydrazine groups is 1. The molecule has 0 fully saturated rings. The van der Waals surface area contributed by atoms with Gasteiger partial charge in [0, 0.05) is 26.1 Å². The fraction of sp³-hybridized carbons (Fsp3) is 0.462. The first-order valence-electron chi connectivity index (χ1n) is 6.35. The molecule has 1 aromatic heterocycles.